The van der Waals surface area contributed by atoms with Gasteiger partial charge < -0.3 is 9.80 Å². The fourth-order valence-electron chi connectivity index (χ4n) is 2.45. The normalized spacial score (nSPS) is 15.5. The van der Waals surface area contributed by atoms with E-state index in [9.17, 15) is 4.39 Å². The van der Waals surface area contributed by atoms with E-state index in [1.165, 1.54) is 6.07 Å². The predicted octanol–water partition coefficient (Wildman–Crippen LogP) is 2.25. The maximum Gasteiger partial charge on any atom is 0.151 e. The molecule has 3 rings (SSSR count). The quantitative estimate of drug-likeness (QED) is 0.839. The topological polar surface area (TPSA) is 32.3 Å². The number of aromatic nitrogens is 2. The molecule has 20 heavy (non-hydrogen) atoms. The number of aryl methyl sites for hydroxylation is 1. The summed E-state index contributed by atoms with van der Waals surface area (Å²) in [5.41, 5.74) is 1.60. The predicted molar refractivity (Wildman–Crippen MR) is 77.6 cm³/mol. The van der Waals surface area contributed by atoms with Gasteiger partial charge in [0.25, 0.3) is 0 Å². The Kier molecular flexibility index (Phi) is 3.50. The lowest BCUT2D eigenvalue weighted by atomic mass is 10.2. The van der Waals surface area contributed by atoms with Crippen molar-refractivity contribution in [3.63, 3.8) is 0 Å². The van der Waals surface area contributed by atoms with E-state index in [0.29, 0.717) is 5.69 Å². The van der Waals surface area contributed by atoms with Crippen LogP contribution >= 0.6 is 0 Å². The Labute approximate surface area is 117 Å². The van der Waals surface area contributed by atoms with Crippen LogP contribution in [-0.2, 0) is 0 Å². The van der Waals surface area contributed by atoms with Gasteiger partial charge in [0.2, 0.25) is 0 Å². The second-order valence-electron chi connectivity index (χ2n) is 4.96. The average Bonchev–Trinajstić information content (AvgIpc) is 2.49. The van der Waals surface area contributed by atoms with Crippen molar-refractivity contribution in [1.29, 1.82) is 0 Å². The summed E-state index contributed by atoms with van der Waals surface area (Å²) in [5.74, 6) is 0.736. The molecule has 4 nitrogen and oxygen atoms in total. The SMILES string of the molecule is Cc1ccc(N2CCN(c3ccccc3F)CC2)nn1. The minimum Gasteiger partial charge on any atom is -0.366 e. The van der Waals surface area contributed by atoms with Crippen molar-refractivity contribution in [2.24, 2.45) is 0 Å². The van der Waals surface area contributed by atoms with Crippen molar-refractivity contribution in [2.45, 2.75) is 6.92 Å². The zero-order valence-corrected chi connectivity index (χ0v) is 11.5. The molecular formula is C15H17FN4. The van der Waals surface area contributed by atoms with Crippen LogP contribution in [0.2, 0.25) is 0 Å². The van der Waals surface area contributed by atoms with Crippen molar-refractivity contribution in [1.82, 2.24) is 10.2 Å². The van der Waals surface area contributed by atoms with Crippen LogP contribution in [0.1, 0.15) is 5.69 Å². The van der Waals surface area contributed by atoms with Gasteiger partial charge in [-0.15, -0.1) is 5.10 Å². The number of anilines is 2. The fourth-order valence-corrected chi connectivity index (χ4v) is 2.45. The summed E-state index contributed by atoms with van der Waals surface area (Å²) in [6, 6.07) is 10.9. The van der Waals surface area contributed by atoms with Gasteiger partial charge in [-0.2, -0.15) is 5.10 Å². The number of hydrogen-bond donors (Lipinski definition) is 0. The third-order valence-electron chi connectivity index (χ3n) is 3.58. The highest BCUT2D eigenvalue weighted by atomic mass is 19.1. The van der Waals surface area contributed by atoms with Gasteiger partial charge >= 0.3 is 0 Å². The molecule has 0 amide bonds. The maximum absolute atomic E-state index is 13.8. The number of nitrogens with zero attached hydrogens (tertiary/aromatic N) is 4. The van der Waals surface area contributed by atoms with Gasteiger partial charge in [-0.05, 0) is 31.2 Å². The van der Waals surface area contributed by atoms with Gasteiger partial charge in [0, 0.05) is 26.2 Å². The highest BCUT2D eigenvalue weighted by Gasteiger charge is 2.20. The van der Waals surface area contributed by atoms with Crippen molar-refractivity contribution >= 4 is 11.5 Å². The Morgan fingerprint density at radius 1 is 0.900 bits per heavy atom. The standard InChI is InChI=1S/C15H17FN4/c1-12-6-7-15(18-17-12)20-10-8-19(9-11-20)14-5-3-2-4-13(14)16/h2-7H,8-11H2,1H3. The van der Waals surface area contributed by atoms with Crippen molar-refractivity contribution in [3.05, 3.63) is 47.9 Å². The number of benzene rings is 1. The van der Waals surface area contributed by atoms with E-state index in [0.717, 1.165) is 37.7 Å². The van der Waals surface area contributed by atoms with Gasteiger partial charge in [-0.25, -0.2) is 4.39 Å². The van der Waals surface area contributed by atoms with Crippen LogP contribution in [0, 0.1) is 12.7 Å². The van der Waals surface area contributed by atoms with E-state index in [2.05, 4.69) is 20.0 Å². The molecule has 1 saturated heterocycles. The Bertz CT molecular complexity index is 577. The first kappa shape index (κ1) is 12.8. The fraction of sp³-hybridized carbons (Fsp3) is 0.333. The number of para-hydroxylation sites is 1. The van der Waals surface area contributed by atoms with Crippen molar-refractivity contribution in [3.8, 4) is 0 Å². The van der Waals surface area contributed by atoms with Crippen molar-refractivity contribution < 1.29 is 4.39 Å². The zero-order chi connectivity index (χ0) is 13.9. The molecule has 0 aliphatic carbocycles. The Morgan fingerprint density at radius 3 is 2.25 bits per heavy atom. The first-order chi connectivity index (χ1) is 9.74. The number of rotatable bonds is 2. The van der Waals surface area contributed by atoms with Gasteiger partial charge in [-0.1, -0.05) is 12.1 Å². The molecule has 2 heterocycles. The van der Waals surface area contributed by atoms with E-state index in [4.69, 9.17) is 0 Å². The molecule has 1 aliphatic heterocycles. The van der Waals surface area contributed by atoms with Crippen LogP contribution < -0.4 is 9.80 Å². The van der Waals surface area contributed by atoms with Gasteiger partial charge in [0.1, 0.15) is 5.82 Å². The summed E-state index contributed by atoms with van der Waals surface area (Å²) in [6.45, 7) is 5.15. The lowest BCUT2D eigenvalue weighted by Crippen LogP contribution is -2.47. The summed E-state index contributed by atoms with van der Waals surface area (Å²) in [4.78, 5) is 4.26. The van der Waals surface area contributed by atoms with Crippen LogP contribution in [-0.4, -0.2) is 36.4 Å². The molecule has 104 valence electrons. The highest BCUT2D eigenvalue weighted by molar-refractivity contribution is 5.50. The molecule has 1 aromatic heterocycles. The molecule has 0 radical (unpaired) electrons. The van der Waals surface area contributed by atoms with Gasteiger partial charge in [0.15, 0.2) is 5.82 Å². The summed E-state index contributed by atoms with van der Waals surface area (Å²) in [7, 11) is 0. The second-order valence-corrected chi connectivity index (χ2v) is 4.96. The van der Waals surface area contributed by atoms with Gasteiger partial charge in [-0.3, -0.25) is 0 Å². The molecule has 1 fully saturated rings. The molecule has 0 atom stereocenters. The Morgan fingerprint density at radius 2 is 1.60 bits per heavy atom. The number of halogens is 1. The minimum absolute atomic E-state index is 0.156. The summed E-state index contributed by atoms with van der Waals surface area (Å²) in [5, 5.41) is 8.28. The largest absolute Gasteiger partial charge is 0.366 e. The summed E-state index contributed by atoms with van der Waals surface area (Å²) in [6.07, 6.45) is 0. The van der Waals surface area contributed by atoms with E-state index >= 15 is 0 Å². The third kappa shape index (κ3) is 2.57. The number of hydrogen-bond acceptors (Lipinski definition) is 4. The lowest BCUT2D eigenvalue weighted by molar-refractivity contribution is 0.595. The molecule has 1 aliphatic rings. The van der Waals surface area contributed by atoms with Gasteiger partial charge in [0.05, 0.1) is 11.4 Å². The van der Waals surface area contributed by atoms with E-state index in [1.54, 1.807) is 6.07 Å². The van der Waals surface area contributed by atoms with Crippen LogP contribution in [0.5, 0.6) is 0 Å². The first-order valence-corrected chi connectivity index (χ1v) is 6.79. The smallest absolute Gasteiger partial charge is 0.151 e. The molecule has 0 unspecified atom stereocenters. The Hall–Kier alpha value is -2.17. The second kappa shape index (κ2) is 5.45. The third-order valence-corrected chi connectivity index (χ3v) is 3.58. The highest BCUT2D eigenvalue weighted by Crippen LogP contribution is 2.21. The minimum atomic E-state index is -0.156. The van der Waals surface area contributed by atoms with Crippen LogP contribution in [0.3, 0.4) is 0 Å². The van der Waals surface area contributed by atoms with E-state index in [-0.39, 0.29) is 5.82 Å². The van der Waals surface area contributed by atoms with E-state index in [1.807, 2.05) is 31.2 Å². The molecule has 0 bridgehead atoms. The Balaban J connectivity index is 1.68. The molecule has 5 heteroatoms. The molecule has 0 spiro atoms. The molecular weight excluding hydrogens is 255 g/mol. The molecule has 0 N–H and O–H groups in total. The monoisotopic (exact) mass is 272 g/mol. The van der Waals surface area contributed by atoms with Crippen molar-refractivity contribution in [2.75, 3.05) is 36.0 Å². The summed E-state index contributed by atoms with van der Waals surface area (Å²) >= 11 is 0. The maximum atomic E-state index is 13.8. The number of piperazine rings is 1. The first-order valence-electron chi connectivity index (χ1n) is 6.79. The van der Waals surface area contributed by atoms with Crippen LogP contribution in [0.25, 0.3) is 0 Å². The average molecular weight is 272 g/mol. The molecule has 1 aromatic carbocycles. The van der Waals surface area contributed by atoms with Crippen LogP contribution in [0.15, 0.2) is 36.4 Å². The molecule has 2 aromatic rings. The summed E-state index contributed by atoms with van der Waals surface area (Å²) < 4.78 is 13.8. The zero-order valence-electron chi connectivity index (χ0n) is 11.5. The lowest BCUT2D eigenvalue weighted by Gasteiger charge is -2.36. The van der Waals surface area contributed by atoms with E-state index < -0.39 is 0 Å². The van der Waals surface area contributed by atoms with Crippen LogP contribution in [0.4, 0.5) is 15.9 Å². The molecule has 0 saturated carbocycles.